The second-order valence-electron chi connectivity index (χ2n) is 7.14. The number of ether oxygens (including phenoxy) is 3. The fourth-order valence-corrected chi connectivity index (χ4v) is 4.12. The van der Waals surface area contributed by atoms with Gasteiger partial charge in [0.15, 0.2) is 11.5 Å². The van der Waals surface area contributed by atoms with Gasteiger partial charge in [0.1, 0.15) is 0 Å². The summed E-state index contributed by atoms with van der Waals surface area (Å²) in [6.07, 6.45) is 6.73. The lowest BCUT2D eigenvalue weighted by Crippen LogP contribution is -2.46. The van der Waals surface area contributed by atoms with Crippen LogP contribution in [0.25, 0.3) is 0 Å². The van der Waals surface area contributed by atoms with Gasteiger partial charge in [0.25, 0.3) is 0 Å². The van der Waals surface area contributed by atoms with Crippen molar-refractivity contribution in [2.24, 2.45) is 0 Å². The molecule has 3 rings (SSSR count). The average Bonchev–Trinajstić information content (AvgIpc) is 3.08. The molecule has 26 heavy (non-hydrogen) atoms. The molecule has 0 spiro atoms. The summed E-state index contributed by atoms with van der Waals surface area (Å²) in [6.45, 7) is 2.52. The Hall–Kier alpha value is -1.01. The second kappa shape index (κ2) is 10.4. The van der Waals surface area contributed by atoms with Crippen LogP contribution >= 0.6 is 12.4 Å². The van der Waals surface area contributed by atoms with Gasteiger partial charge in [-0.15, -0.1) is 12.4 Å². The number of hydrogen-bond donors (Lipinski definition) is 1. The number of likely N-dealkylation sites (tertiary alicyclic amines) is 1. The number of nitrogens with zero attached hydrogens (tertiary/aromatic N) is 1. The molecule has 6 heteroatoms. The third-order valence-corrected chi connectivity index (χ3v) is 5.50. The molecule has 1 unspecified atom stereocenters. The Bertz CT molecular complexity index is 557. The Kier molecular flexibility index (Phi) is 8.48. The summed E-state index contributed by atoms with van der Waals surface area (Å²) in [7, 11) is 3.31. The van der Waals surface area contributed by atoms with Gasteiger partial charge in [-0.25, -0.2) is 0 Å². The highest BCUT2D eigenvalue weighted by molar-refractivity contribution is 5.85. The van der Waals surface area contributed by atoms with Crippen molar-refractivity contribution in [2.75, 3.05) is 33.9 Å². The summed E-state index contributed by atoms with van der Waals surface area (Å²) >= 11 is 0. The summed E-state index contributed by atoms with van der Waals surface area (Å²) in [5.41, 5.74) is 1.20. The fourth-order valence-electron chi connectivity index (χ4n) is 4.12. The molecule has 1 aliphatic heterocycles. The van der Waals surface area contributed by atoms with Gasteiger partial charge in [0.05, 0.1) is 33.0 Å². The van der Waals surface area contributed by atoms with Crippen molar-refractivity contribution < 1.29 is 19.3 Å². The van der Waals surface area contributed by atoms with Crippen LogP contribution in [0.3, 0.4) is 0 Å². The predicted molar refractivity (Wildman–Crippen MR) is 105 cm³/mol. The molecule has 5 nitrogen and oxygen atoms in total. The minimum Gasteiger partial charge on any atom is -0.493 e. The first-order valence-corrected chi connectivity index (χ1v) is 9.46. The lowest BCUT2D eigenvalue weighted by atomic mass is 9.91. The second-order valence-corrected chi connectivity index (χ2v) is 7.14. The van der Waals surface area contributed by atoms with Gasteiger partial charge in [0, 0.05) is 19.1 Å². The number of rotatable bonds is 7. The molecule has 1 N–H and O–H groups in total. The van der Waals surface area contributed by atoms with Crippen LogP contribution in [-0.4, -0.2) is 62.2 Å². The highest BCUT2D eigenvalue weighted by Gasteiger charge is 2.34. The first-order valence-electron chi connectivity index (χ1n) is 9.46. The number of hydrogen-bond acceptors (Lipinski definition) is 5. The standard InChI is InChI=1S/C20H31NO4.ClH/c1-23-19-8-7-15(13-20(19)24-2)10-12-25-18-6-4-3-5-17(18)21-11-9-16(22)14-21;/h7-8,13,16-18,22H,3-6,9-12,14H2,1-2H3;1H/t16-,17?,18+;/m0./s1. The first-order chi connectivity index (χ1) is 12.2. The summed E-state index contributed by atoms with van der Waals surface area (Å²) < 4.78 is 16.9. The molecule has 1 saturated carbocycles. The van der Waals surface area contributed by atoms with Crippen molar-refractivity contribution in [3.63, 3.8) is 0 Å². The molecule has 148 valence electrons. The molecule has 1 saturated heterocycles. The van der Waals surface area contributed by atoms with E-state index in [0.29, 0.717) is 18.8 Å². The van der Waals surface area contributed by atoms with Gasteiger partial charge in [-0.3, -0.25) is 4.90 Å². The van der Waals surface area contributed by atoms with E-state index in [4.69, 9.17) is 14.2 Å². The zero-order valence-corrected chi connectivity index (χ0v) is 16.7. The lowest BCUT2D eigenvalue weighted by molar-refractivity contribution is -0.0316. The maximum absolute atomic E-state index is 9.83. The fraction of sp³-hybridized carbons (Fsp3) is 0.700. The number of benzene rings is 1. The van der Waals surface area contributed by atoms with Crippen LogP contribution in [0.15, 0.2) is 18.2 Å². The van der Waals surface area contributed by atoms with E-state index >= 15 is 0 Å². The highest BCUT2D eigenvalue weighted by Crippen LogP contribution is 2.30. The van der Waals surface area contributed by atoms with Crippen LogP contribution in [0.4, 0.5) is 0 Å². The molecule has 2 fully saturated rings. The van der Waals surface area contributed by atoms with Crippen molar-refractivity contribution in [1.82, 2.24) is 4.90 Å². The Balaban J connectivity index is 0.00000243. The van der Waals surface area contributed by atoms with E-state index in [2.05, 4.69) is 11.0 Å². The normalized spacial score (nSPS) is 26.3. The molecule has 0 amide bonds. The third kappa shape index (κ3) is 5.26. The van der Waals surface area contributed by atoms with E-state index in [9.17, 15) is 5.11 Å². The Morgan fingerprint density at radius 1 is 1.08 bits per heavy atom. The summed E-state index contributed by atoms with van der Waals surface area (Å²) in [4.78, 5) is 2.44. The van der Waals surface area contributed by atoms with E-state index in [0.717, 1.165) is 43.9 Å². The minimum absolute atomic E-state index is 0. The van der Waals surface area contributed by atoms with Crippen molar-refractivity contribution in [3.05, 3.63) is 23.8 Å². The number of aliphatic hydroxyl groups is 1. The number of aliphatic hydroxyl groups excluding tert-OH is 1. The molecule has 1 aromatic carbocycles. The third-order valence-electron chi connectivity index (χ3n) is 5.50. The van der Waals surface area contributed by atoms with Crippen molar-refractivity contribution in [2.45, 2.75) is 56.8 Å². The largest absolute Gasteiger partial charge is 0.493 e. The zero-order valence-electron chi connectivity index (χ0n) is 15.9. The maximum Gasteiger partial charge on any atom is 0.160 e. The van der Waals surface area contributed by atoms with Crippen molar-refractivity contribution in [3.8, 4) is 11.5 Å². The first kappa shape index (κ1) is 21.3. The number of β-amino-alcohol motifs (C(OH)–C–C–N with tert-alkyl or cyclic N) is 1. The lowest BCUT2D eigenvalue weighted by Gasteiger charge is -2.37. The Morgan fingerprint density at radius 2 is 1.85 bits per heavy atom. The summed E-state index contributed by atoms with van der Waals surface area (Å²) in [6, 6.07) is 6.51. The van der Waals surface area contributed by atoms with Gasteiger partial charge in [-0.1, -0.05) is 18.9 Å². The Labute approximate surface area is 163 Å². The van der Waals surface area contributed by atoms with E-state index in [-0.39, 0.29) is 18.5 Å². The van der Waals surface area contributed by atoms with Gasteiger partial charge in [-0.05, 0) is 43.4 Å². The molecular weight excluding hydrogens is 354 g/mol. The SMILES string of the molecule is COc1ccc(CCO[C@@H]2CCCCC2N2CC[C@H](O)C2)cc1OC.Cl. The quantitative estimate of drug-likeness (QED) is 0.781. The van der Waals surface area contributed by atoms with Gasteiger partial charge < -0.3 is 19.3 Å². The molecule has 0 radical (unpaired) electrons. The highest BCUT2D eigenvalue weighted by atomic mass is 35.5. The molecule has 0 bridgehead atoms. The zero-order chi connectivity index (χ0) is 17.6. The molecule has 1 aliphatic carbocycles. The number of methoxy groups -OCH3 is 2. The average molecular weight is 386 g/mol. The van der Waals surface area contributed by atoms with Crippen molar-refractivity contribution >= 4 is 12.4 Å². The summed E-state index contributed by atoms with van der Waals surface area (Å²) in [5, 5.41) is 9.83. The van der Waals surface area contributed by atoms with E-state index < -0.39 is 0 Å². The van der Waals surface area contributed by atoms with Crippen LogP contribution in [0.2, 0.25) is 0 Å². The molecule has 2 aliphatic rings. The van der Waals surface area contributed by atoms with E-state index in [1.807, 2.05) is 12.1 Å². The van der Waals surface area contributed by atoms with Crippen LogP contribution < -0.4 is 9.47 Å². The van der Waals surface area contributed by atoms with E-state index in [1.54, 1.807) is 14.2 Å². The van der Waals surface area contributed by atoms with Crippen LogP contribution in [0, 0.1) is 0 Å². The van der Waals surface area contributed by atoms with Gasteiger partial charge in [0.2, 0.25) is 0 Å². The Morgan fingerprint density at radius 3 is 2.54 bits per heavy atom. The monoisotopic (exact) mass is 385 g/mol. The van der Waals surface area contributed by atoms with Crippen LogP contribution in [-0.2, 0) is 11.2 Å². The molecule has 1 heterocycles. The molecular formula is C20H32ClNO4. The van der Waals surface area contributed by atoms with Crippen LogP contribution in [0.5, 0.6) is 11.5 Å². The van der Waals surface area contributed by atoms with E-state index in [1.165, 1.54) is 24.8 Å². The smallest absolute Gasteiger partial charge is 0.160 e. The maximum atomic E-state index is 9.83. The van der Waals surface area contributed by atoms with Gasteiger partial charge >= 0.3 is 0 Å². The minimum atomic E-state index is -0.158. The predicted octanol–water partition coefficient (Wildman–Crippen LogP) is 3.06. The molecule has 3 atom stereocenters. The van der Waals surface area contributed by atoms with Gasteiger partial charge in [-0.2, -0.15) is 0 Å². The van der Waals surface area contributed by atoms with Crippen LogP contribution in [0.1, 0.15) is 37.7 Å². The summed E-state index contributed by atoms with van der Waals surface area (Å²) in [5.74, 6) is 1.52. The topological polar surface area (TPSA) is 51.2 Å². The van der Waals surface area contributed by atoms with Crippen molar-refractivity contribution in [1.29, 1.82) is 0 Å². The number of halogens is 1. The molecule has 0 aromatic heterocycles. The molecule has 1 aromatic rings.